The zero-order valence-corrected chi connectivity index (χ0v) is 28.5. The van der Waals surface area contributed by atoms with Gasteiger partial charge in [-0.25, -0.2) is 23.3 Å². The number of halogens is 2. The minimum absolute atomic E-state index is 0.195. The van der Waals surface area contributed by atoms with Gasteiger partial charge in [-0.3, -0.25) is 19.8 Å². The van der Waals surface area contributed by atoms with E-state index >= 15 is 0 Å². The number of carbonyl (C=O) groups excluding carboxylic acids is 2. The first-order valence-electron chi connectivity index (χ1n) is 17.7. The van der Waals surface area contributed by atoms with Gasteiger partial charge in [-0.15, -0.1) is 0 Å². The molecular formula is C39H40F2N8O2. The van der Waals surface area contributed by atoms with E-state index in [2.05, 4.69) is 44.3 Å². The maximum absolute atomic E-state index is 14.8. The van der Waals surface area contributed by atoms with Gasteiger partial charge in [0.15, 0.2) is 5.65 Å². The number of nitrogens with zero attached hydrogens (tertiary/aromatic N) is 7. The smallest absolute Gasteiger partial charge is 0.234 e. The molecule has 12 heteroatoms. The Hall–Kier alpha value is -5.23. The van der Waals surface area contributed by atoms with E-state index in [4.69, 9.17) is 9.97 Å². The van der Waals surface area contributed by atoms with E-state index in [0.29, 0.717) is 30.1 Å². The second kappa shape index (κ2) is 13.8. The number of benzene rings is 2. The number of imide groups is 1. The first-order chi connectivity index (χ1) is 24.8. The first kappa shape index (κ1) is 32.9. The predicted molar refractivity (Wildman–Crippen MR) is 190 cm³/mol. The summed E-state index contributed by atoms with van der Waals surface area (Å²) in [6.07, 6.45) is 8.25. The van der Waals surface area contributed by atoms with E-state index in [1.807, 2.05) is 42.6 Å². The predicted octanol–water partition coefficient (Wildman–Crippen LogP) is 6.03. The van der Waals surface area contributed by atoms with Crippen LogP contribution in [0.15, 0.2) is 79.1 Å². The third-order valence-electron chi connectivity index (χ3n) is 10.7. The molecule has 1 N–H and O–H groups in total. The Kier molecular flexibility index (Phi) is 8.93. The zero-order chi connectivity index (χ0) is 35.1. The van der Waals surface area contributed by atoms with E-state index in [1.165, 1.54) is 17.7 Å². The summed E-state index contributed by atoms with van der Waals surface area (Å²) in [5.74, 6) is -0.142. The van der Waals surface area contributed by atoms with Crippen LogP contribution in [-0.2, 0) is 16.1 Å². The SMILES string of the molecule is CN(Cc1ccc(C2CCC(=O)NC2=O)cc1)C1CCN(c2cccc(-c3cnn4ccc(N5CCC[C@@H]5c5ccc(F)cc5F)nc34)n2)CC1. The van der Waals surface area contributed by atoms with Crippen molar-refractivity contribution in [3.8, 4) is 11.3 Å². The Balaban J connectivity index is 0.924. The van der Waals surface area contributed by atoms with Crippen LogP contribution in [0.5, 0.6) is 0 Å². The average Bonchev–Trinajstić information content (AvgIpc) is 3.80. The molecule has 6 heterocycles. The third-order valence-corrected chi connectivity index (χ3v) is 10.7. The molecule has 0 spiro atoms. The number of fused-ring (bicyclic) bond motifs is 1. The van der Waals surface area contributed by atoms with Crippen molar-refractivity contribution in [3.63, 3.8) is 0 Å². The van der Waals surface area contributed by atoms with Crippen molar-refractivity contribution in [2.24, 2.45) is 0 Å². The zero-order valence-electron chi connectivity index (χ0n) is 28.5. The van der Waals surface area contributed by atoms with Gasteiger partial charge in [-0.05, 0) is 74.5 Å². The lowest BCUT2D eigenvalue weighted by Gasteiger charge is -2.37. The molecule has 10 nitrogen and oxygen atoms in total. The molecule has 8 rings (SSSR count). The van der Waals surface area contributed by atoms with Crippen molar-refractivity contribution in [1.29, 1.82) is 0 Å². The van der Waals surface area contributed by atoms with Gasteiger partial charge < -0.3 is 9.80 Å². The molecule has 2 amide bonds. The summed E-state index contributed by atoms with van der Waals surface area (Å²) in [6, 6.07) is 20.2. The van der Waals surface area contributed by atoms with Crippen LogP contribution in [0.25, 0.3) is 16.9 Å². The maximum Gasteiger partial charge on any atom is 0.234 e. The van der Waals surface area contributed by atoms with Crippen molar-refractivity contribution in [3.05, 3.63) is 107 Å². The summed E-state index contributed by atoms with van der Waals surface area (Å²) < 4.78 is 30.1. The van der Waals surface area contributed by atoms with Crippen LogP contribution in [0.4, 0.5) is 20.4 Å². The quantitative estimate of drug-likeness (QED) is 0.197. The van der Waals surface area contributed by atoms with Crippen LogP contribution in [-0.4, -0.2) is 69.0 Å². The normalized spacial score (nSPS) is 20.1. The largest absolute Gasteiger partial charge is 0.356 e. The molecule has 0 radical (unpaired) electrons. The number of carbonyl (C=O) groups is 2. The number of piperidine rings is 2. The van der Waals surface area contributed by atoms with Crippen LogP contribution < -0.4 is 15.1 Å². The van der Waals surface area contributed by atoms with Crippen LogP contribution in [0.3, 0.4) is 0 Å². The summed E-state index contributed by atoms with van der Waals surface area (Å²) >= 11 is 0. The Morgan fingerprint density at radius 1 is 0.902 bits per heavy atom. The van der Waals surface area contributed by atoms with E-state index in [1.54, 1.807) is 10.7 Å². The molecule has 3 aliphatic rings. The number of hydrogen-bond donors (Lipinski definition) is 1. The van der Waals surface area contributed by atoms with Gasteiger partial charge in [0, 0.05) is 56.5 Å². The number of pyridine rings is 1. The number of aromatic nitrogens is 4. The molecule has 0 aliphatic carbocycles. The van der Waals surface area contributed by atoms with Gasteiger partial charge in [-0.2, -0.15) is 5.10 Å². The molecule has 1 unspecified atom stereocenters. The Bertz CT molecular complexity index is 2080. The highest BCUT2D eigenvalue weighted by molar-refractivity contribution is 6.00. The van der Waals surface area contributed by atoms with Gasteiger partial charge in [0.1, 0.15) is 23.3 Å². The molecule has 262 valence electrons. The lowest BCUT2D eigenvalue weighted by atomic mass is 9.90. The van der Waals surface area contributed by atoms with Crippen molar-refractivity contribution >= 4 is 29.1 Å². The van der Waals surface area contributed by atoms with E-state index in [9.17, 15) is 18.4 Å². The molecule has 2 aromatic carbocycles. The lowest BCUT2D eigenvalue weighted by molar-refractivity contribution is -0.134. The van der Waals surface area contributed by atoms with Crippen molar-refractivity contribution < 1.29 is 18.4 Å². The summed E-state index contributed by atoms with van der Waals surface area (Å²) in [4.78, 5) is 40.7. The van der Waals surface area contributed by atoms with Crippen molar-refractivity contribution in [1.82, 2.24) is 29.8 Å². The van der Waals surface area contributed by atoms with Gasteiger partial charge in [-0.1, -0.05) is 36.4 Å². The second-order valence-corrected chi connectivity index (χ2v) is 13.9. The number of rotatable bonds is 8. The monoisotopic (exact) mass is 690 g/mol. The highest BCUT2D eigenvalue weighted by Gasteiger charge is 2.31. The number of nitrogens with one attached hydrogen (secondary N) is 1. The molecule has 3 aliphatic heterocycles. The summed E-state index contributed by atoms with van der Waals surface area (Å²) in [6.45, 7) is 3.30. The number of amides is 2. The molecule has 3 aromatic heterocycles. The summed E-state index contributed by atoms with van der Waals surface area (Å²) in [7, 11) is 2.17. The fourth-order valence-electron chi connectivity index (χ4n) is 7.91. The molecule has 0 saturated carbocycles. The summed E-state index contributed by atoms with van der Waals surface area (Å²) in [5.41, 5.74) is 4.91. The van der Waals surface area contributed by atoms with E-state index in [0.717, 1.165) is 86.4 Å². The van der Waals surface area contributed by atoms with Crippen molar-refractivity contribution in [2.75, 3.05) is 36.5 Å². The minimum Gasteiger partial charge on any atom is -0.356 e. The van der Waals surface area contributed by atoms with Crippen LogP contribution in [0.1, 0.15) is 67.2 Å². The topological polar surface area (TPSA) is 99.0 Å². The standard InChI is InChI=1S/C39H40F2N8O2/c1-46(24-25-7-9-26(10-8-25)29-13-14-37(50)45-39(29)51)28-15-19-47(20-16-28)35-6-2-4-33(43-35)31-23-42-49-21-17-36(44-38(31)49)48-18-3-5-34(48)30-12-11-27(40)22-32(30)41/h2,4,6-12,17,21-23,28-29,34H,3,5,13-16,18-20,24H2,1H3,(H,45,50,51)/t29?,34-/m1/s1. The first-order valence-corrected chi connectivity index (χ1v) is 17.7. The fourth-order valence-corrected chi connectivity index (χ4v) is 7.91. The Labute approximate surface area is 295 Å². The second-order valence-electron chi connectivity index (χ2n) is 13.9. The van der Waals surface area contributed by atoms with Crippen molar-refractivity contribution in [2.45, 2.75) is 63.1 Å². The molecule has 5 aromatic rings. The Morgan fingerprint density at radius 3 is 2.51 bits per heavy atom. The minimum atomic E-state index is -0.580. The van der Waals surface area contributed by atoms with Gasteiger partial charge in [0.05, 0.1) is 29.4 Å². The Morgan fingerprint density at radius 2 is 1.73 bits per heavy atom. The van der Waals surface area contributed by atoms with Crippen LogP contribution in [0, 0.1) is 11.6 Å². The van der Waals surface area contributed by atoms with Crippen LogP contribution in [0.2, 0.25) is 0 Å². The van der Waals surface area contributed by atoms with Gasteiger partial charge >= 0.3 is 0 Å². The molecule has 2 atom stereocenters. The fraction of sp³-hybridized carbons (Fsp3) is 0.359. The molecule has 3 fully saturated rings. The van der Waals surface area contributed by atoms with E-state index < -0.39 is 11.6 Å². The van der Waals surface area contributed by atoms with E-state index in [-0.39, 0.29) is 23.8 Å². The lowest BCUT2D eigenvalue weighted by Crippen LogP contribution is -2.43. The number of hydrogen-bond acceptors (Lipinski definition) is 8. The maximum atomic E-state index is 14.8. The molecule has 3 saturated heterocycles. The van der Waals surface area contributed by atoms with Gasteiger partial charge in [0.25, 0.3) is 0 Å². The average molecular weight is 691 g/mol. The molecule has 51 heavy (non-hydrogen) atoms. The highest BCUT2D eigenvalue weighted by Crippen LogP contribution is 2.37. The van der Waals surface area contributed by atoms with Gasteiger partial charge in [0.2, 0.25) is 11.8 Å². The highest BCUT2D eigenvalue weighted by atomic mass is 19.1. The van der Waals surface area contributed by atoms with Crippen LogP contribution >= 0.6 is 0 Å². The third kappa shape index (κ3) is 6.67. The number of anilines is 2. The molecular weight excluding hydrogens is 650 g/mol. The molecule has 0 bridgehead atoms. The summed E-state index contributed by atoms with van der Waals surface area (Å²) in [5, 5.41) is 7.00.